The van der Waals surface area contributed by atoms with Gasteiger partial charge in [-0.2, -0.15) is 0 Å². The summed E-state index contributed by atoms with van der Waals surface area (Å²) in [6, 6.07) is 10.0. The Hall–Kier alpha value is -3.67. The fraction of sp³-hybridized carbons (Fsp3) is 0.350. The molecule has 1 aliphatic heterocycles. The topological polar surface area (TPSA) is 143 Å². The molecular formula is C20H23N7O4S. The first-order chi connectivity index (χ1) is 15.6. The van der Waals surface area contributed by atoms with Gasteiger partial charge in [0.2, 0.25) is 16.9 Å². The average molecular weight is 458 g/mol. The number of benzene rings is 1. The zero-order chi connectivity index (χ0) is 22.8. The standard InChI is InChI=1S/C19H21N7O2S.CH2O2/c27-17-12-15(18(28)20-7-4-9-25-10-8-21-24-25)13-26(17)19-23-22-16(29-19)11-14-5-2-1-3-6-14;2-1-3/h1-3,5-6,8,10,15H,4,7,9,11-13H2,(H,20,28);1H,(H,2,3). The number of carbonyl (C=O) groups excluding carboxylic acids is 2. The number of hydrogen-bond acceptors (Lipinski definition) is 8. The molecule has 1 aromatic carbocycles. The van der Waals surface area contributed by atoms with Gasteiger partial charge in [0.15, 0.2) is 0 Å². The summed E-state index contributed by atoms with van der Waals surface area (Å²) >= 11 is 1.40. The van der Waals surface area contributed by atoms with Crippen LogP contribution in [0.25, 0.3) is 0 Å². The zero-order valence-electron chi connectivity index (χ0n) is 17.2. The van der Waals surface area contributed by atoms with E-state index in [2.05, 4.69) is 25.8 Å². The maximum Gasteiger partial charge on any atom is 0.290 e. The lowest BCUT2D eigenvalue weighted by molar-refractivity contribution is -0.126. The Balaban J connectivity index is 0.000000913. The van der Waals surface area contributed by atoms with E-state index in [4.69, 9.17) is 9.90 Å². The van der Waals surface area contributed by atoms with Gasteiger partial charge in [0.25, 0.3) is 6.47 Å². The van der Waals surface area contributed by atoms with Gasteiger partial charge >= 0.3 is 0 Å². The van der Waals surface area contributed by atoms with Crippen LogP contribution in [0.4, 0.5) is 5.13 Å². The van der Waals surface area contributed by atoms with Crippen LogP contribution in [-0.4, -0.2) is 61.7 Å². The summed E-state index contributed by atoms with van der Waals surface area (Å²) in [7, 11) is 0. The molecule has 32 heavy (non-hydrogen) atoms. The molecule has 0 aliphatic carbocycles. The minimum atomic E-state index is -0.365. The Kier molecular flexibility index (Phi) is 8.37. The van der Waals surface area contributed by atoms with E-state index in [1.165, 1.54) is 11.3 Å². The number of nitrogens with zero attached hydrogens (tertiary/aromatic N) is 6. The van der Waals surface area contributed by atoms with Gasteiger partial charge in [-0.15, -0.1) is 15.3 Å². The molecule has 0 radical (unpaired) electrons. The van der Waals surface area contributed by atoms with Crippen molar-refractivity contribution in [1.82, 2.24) is 30.5 Å². The van der Waals surface area contributed by atoms with Crippen LogP contribution in [0.2, 0.25) is 0 Å². The van der Waals surface area contributed by atoms with Crippen LogP contribution >= 0.6 is 11.3 Å². The van der Waals surface area contributed by atoms with E-state index in [-0.39, 0.29) is 30.6 Å². The molecule has 1 fully saturated rings. The van der Waals surface area contributed by atoms with Crippen LogP contribution in [0.15, 0.2) is 42.7 Å². The molecular weight excluding hydrogens is 434 g/mol. The molecule has 1 aliphatic rings. The van der Waals surface area contributed by atoms with E-state index in [9.17, 15) is 9.59 Å². The predicted molar refractivity (Wildman–Crippen MR) is 116 cm³/mol. The summed E-state index contributed by atoms with van der Waals surface area (Å²) in [4.78, 5) is 34.8. The SMILES string of the molecule is O=C(NCCCn1ccnn1)C1CC(=O)N(c2nnc(Cc3ccccc3)s2)C1.O=CO. The zero-order valence-corrected chi connectivity index (χ0v) is 18.0. The number of aromatic nitrogens is 5. The van der Waals surface area contributed by atoms with Crippen molar-refractivity contribution < 1.29 is 19.5 Å². The highest BCUT2D eigenvalue weighted by molar-refractivity contribution is 7.15. The van der Waals surface area contributed by atoms with Crippen molar-refractivity contribution in [2.75, 3.05) is 18.0 Å². The molecule has 2 aromatic heterocycles. The number of amides is 2. The monoisotopic (exact) mass is 457 g/mol. The molecule has 0 bridgehead atoms. The molecule has 4 rings (SSSR count). The molecule has 0 spiro atoms. The minimum Gasteiger partial charge on any atom is -0.483 e. The molecule has 168 valence electrons. The number of nitrogens with one attached hydrogen (secondary N) is 1. The van der Waals surface area contributed by atoms with Gasteiger partial charge < -0.3 is 10.4 Å². The van der Waals surface area contributed by atoms with Crippen molar-refractivity contribution in [3.63, 3.8) is 0 Å². The second-order valence-corrected chi connectivity index (χ2v) is 8.00. The lowest BCUT2D eigenvalue weighted by atomic mass is 10.1. The Bertz CT molecular complexity index is 1010. The number of hydrogen-bond donors (Lipinski definition) is 2. The first kappa shape index (κ1) is 23.0. The molecule has 3 heterocycles. The molecule has 2 N–H and O–H groups in total. The second kappa shape index (κ2) is 11.6. The number of carboxylic acid groups (broad SMARTS) is 1. The highest BCUT2D eigenvalue weighted by atomic mass is 32.1. The van der Waals surface area contributed by atoms with Gasteiger partial charge in [0, 0.05) is 38.7 Å². The van der Waals surface area contributed by atoms with Crippen molar-refractivity contribution in [3.8, 4) is 0 Å². The smallest absolute Gasteiger partial charge is 0.290 e. The summed E-state index contributed by atoms with van der Waals surface area (Å²) in [5.41, 5.74) is 1.14. The number of aryl methyl sites for hydroxylation is 1. The third-order valence-corrected chi connectivity index (χ3v) is 5.66. The quantitative estimate of drug-likeness (QED) is 0.376. The van der Waals surface area contributed by atoms with Gasteiger partial charge in [-0.3, -0.25) is 24.0 Å². The maximum absolute atomic E-state index is 12.4. The van der Waals surface area contributed by atoms with E-state index in [0.29, 0.717) is 31.2 Å². The van der Waals surface area contributed by atoms with Crippen LogP contribution in [0.1, 0.15) is 23.4 Å². The second-order valence-electron chi connectivity index (χ2n) is 6.96. The molecule has 0 saturated carbocycles. The number of rotatable bonds is 8. The van der Waals surface area contributed by atoms with E-state index in [0.717, 1.165) is 17.0 Å². The molecule has 1 unspecified atom stereocenters. The van der Waals surface area contributed by atoms with Crippen molar-refractivity contribution in [1.29, 1.82) is 0 Å². The van der Waals surface area contributed by atoms with Gasteiger partial charge in [0.1, 0.15) is 5.01 Å². The molecule has 1 saturated heterocycles. The molecule has 1 atom stereocenters. The Morgan fingerprint density at radius 3 is 2.78 bits per heavy atom. The van der Waals surface area contributed by atoms with E-state index in [1.807, 2.05) is 30.3 Å². The summed E-state index contributed by atoms with van der Waals surface area (Å²) in [6.45, 7) is 1.31. The van der Waals surface area contributed by atoms with Crippen molar-refractivity contribution in [2.45, 2.75) is 25.8 Å². The molecule has 11 nitrogen and oxygen atoms in total. The summed E-state index contributed by atoms with van der Waals surface area (Å²) in [5.74, 6) is -0.556. The first-order valence-electron chi connectivity index (χ1n) is 9.97. The Labute approximate surface area is 188 Å². The minimum absolute atomic E-state index is 0.0878. The van der Waals surface area contributed by atoms with Crippen molar-refractivity contribution in [2.24, 2.45) is 5.92 Å². The van der Waals surface area contributed by atoms with Crippen LogP contribution in [0.3, 0.4) is 0 Å². The van der Waals surface area contributed by atoms with Gasteiger partial charge in [0.05, 0.1) is 12.1 Å². The third kappa shape index (κ3) is 6.41. The fourth-order valence-electron chi connectivity index (χ4n) is 3.21. The highest BCUT2D eigenvalue weighted by Gasteiger charge is 2.36. The Morgan fingerprint density at radius 2 is 2.06 bits per heavy atom. The number of carbonyl (C=O) groups is 3. The van der Waals surface area contributed by atoms with Gasteiger partial charge in [-0.1, -0.05) is 46.9 Å². The average Bonchev–Trinajstić information content (AvgIpc) is 3.54. The number of anilines is 1. The maximum atomic E-state index is 12.4. The Morgan fingerprint density at radius 1 is 1.28 bits per heavy atom. The largest absolute Gasteiger partial charge is 0.483 e. The van der Waals surface area contributed by atoms with Gasteiger partial charge in [-0.05, 0) is 12.0 Å². The predicted octanol–water partition coefficient (Wildman–Crippen LogP) is 0.981. The molecule has 2 amide bonds. The van der Waals surface area contributed by atoms with Crippen molar-refractivity contribution >= 4 is 34.8 Å². The van der Waals surface area contributed by atoms with Crippen LogP contribution < -0.4 is 10.2 Å². The lowest BCUT2D eigenvalue weighted by Gasteiger charge is -2.12. The van der Waals surface area contributed by atoms with E-state index >= 15 is 0 Å². The normalized spacial score (nSPS) is 15.2. The van der Waals surface area contributed by atoms with Crippen LogP contribution in [0, 0.1) is 5.92 Å². The molecule has 12 heteroatoms. The molecule has 3 aromatic rings. The van der Waals surface area contributed by atoms with Gasteiger partial charge in [-0.25, -0.2) is 0 Å². The summed E-state index contributed by atoms with van der Waals surface area (Å²) in [6.07, 6.45) is 5.02. The fourth-order valence-corrected chi connectivity index (χ4v) is 4.11. The third-order valence-electron chi connectivity index (χ3n) is 4.72. The van der Waals surface area contributed by atoms with E-state index in [1.54, 1.807) is 22.0 Å². The summed E-state index contributed by atoms with van der Waals surface area (Å²) < 4.78 is 1.72. The summed E-state index contributed by atoms with van der Waals surface area (Å²) in [5, 5.41) is 27.2. The van der Waals surface area contributed by atoms with Crippen LogP contribution in [-0.2, 0) is 27.3 Å². The highest BCUT2D eigenvalue weighted by Crippen LogP contribution is 2.28. The van der Waals surface area contributed by atoms with Crippen LogP contribution in [0.5, 0.6) is 0 Å². The van der Waals surface area contributed by atoms with E-state index < -0.39 is 0 Å². The first-order valence-corrected chi connectivity index (χ1v) is 10.8. The van der Waals surface area contributed by atoms with Crippen molar-refractivity contribution in [3.05, 3.63) is 53.3 Å². The lowest BCUT2D eigenvalue weighted by Crippen LogP contribution is -2.33.